The van der Waals surface area contributed by atoms with Crippen LogP contribution >= 0.6 is 0 Å². The van der Waals surface area contributed by atoms with Gasteiger partial charge >= 0.3 is 5.97 Å². The Hall–Kier alpha value is -4.14. The van der Waals surface area contributed by atoms with Crippen molar-refractivity contribution in [3.63, 3.8) is 0 Å². The lowest BCUT2D eigenvalue weighted by Crippen LogP contribution is -2.37. The number of aromatic nitrogens is 4. The summed E-state index contributed by atoms with van der Waals surface area (Å²) >= 11 is 0. The summed E-state index contributed by atoms with van der Waals surface area (Å²) in [7, 11) is 0. The first kappa shape index (κ1) is 23.6. The predicted octanol–water partition coefficient (Wildman–Crippen LogP) is 4.22. The molecule has 36 heavy (non-hydrogen) atoms. The van der Waals surface area contributed by atoms with Gasteiger partial charge in [-0.1, -0.05) is 12.1 Å². The molecule has 0 aliphatic carbocycles. The zero-order chi connectivity index (χ0) is 25.4. The maximum absolute atomic E-state index is 13.5. The minimum absolute atomic E-state index is 0.0905. The molecule has 2 N–H and O–H groups in total. The molecule has 0 radical (unpaired) electrons. The van der Waals surface area contributed by atoms with Gasteiger partial charge in [0.25, 0.3) is 5.56 Å². The molecule has 0 spiro atoms. The van der Waals surface area contributed by atoms with E-state index in [1.807, 2.05) is 50.0 Å². The molecule has 4 aromatic rings. The fourth-order valence-electron chi connectivity index (χ4n) is 5.06. The molecule has 3 aromatic heterocycles. The number of fused-ring (bicyclic) bond motifs is 1. The van der Waals surface area contributed by atoms with Gasteiger partial charge < -0.3 is 15.3 Å². The lowest BCUT2D eigenvalue weighted by molar-refractivity contribution is 0.0698. The van der Waals surface area contributed by atoms with Crippen LogP contribution in [0, 0.1) is 13.8 Å². The first-order valence-corrected chi connectivity index (χ1v) is 12.2. The molecule has 0 bridgehead atoms. The van der Waals surface area contributed by atoms with Gasteiger partial charge in [-0.05, 0) is 63.4 Å². The Morgan fingerprint density at radius 2 is 1.92 bits per heavy atom. The number of carboxylic acids is 1. The molecule has 4 heterocycles. The number of para-hydroxylation sites is 1. The summed E-state index contributed by atoms with van der Waals surface area (Å²) < 4.78 is 3.62. The highest BCUT2D eigenvalue weighted by Gasteiger charge is 2.25. The van der Waals surface area contributed by atoms with Gasteiger partial charge in [0.1, 0.15) is 11.5 Å². The summed E-state index contributed by atoms with van der Waals surface area (Å²) in [6.45, 7) is 7.30. The maximum Gasteiger partial charge on any atom is 0.337 e. The first-order chi connectivity index (χ1) is 17.3. The van der Waals surface area contributed by atoms with E-state index in [0.29, 0.717) is 28.8 Å². The number of carbonyl (C=O) groups is 1. The number of hydrogen-bond donors (Lipinski definition) is 2. The fraction of sp³-hybridized carbons (Fsp3) is 0.333. The first-order valence-electron chi connectivity index (χ1n) is 12.2. The minimum atomic E-state index is -0.995. The summed E-state index contributed by atoms with van der Waals surface area (Å²) in [6, 6.07) is 10.8. The highest BCUT2D eigenvalue weighted by Crippen LogP contribution is 2.29. The second-order valence-electron chi connectivity index (χ2n) is 9.45. The van der Waals surface area contributed by atoms with Crippen molar-refractivity contribution >= 4 is 23.1 Å². The van der Waals surface area contributed by atoms with Crippen molar-refractivity contribution in [2.45, 2.75) is 45.7 Å². The Balaban J connectivity index is 1.51. The number of piperidine rings is 1. The van der Waals surface area contributed by atoms with Crippen molar-refractivity contribution in [1.29, 1.82) is 0 Å². The van der Waals surface area contributed by atoms with E-state index in [2.05, 4.69) is 15.3 Å². The molecule has 0 saturated carbocycles. The monoisotopic (exact) mass is 486 g/mol. The average molecular weight is 487 g/mol. The van der Waals surface area contributed by atoms with Crippen LogP contribution in [-0.4, -0.2) is 43.3 Å². The van der Waals surface area contributed by atoms with Crippen LogP contribution in [0.2, 0.25) is 0 Å². The van der Waals surface area contributed by atoms with E-state index in [0.717, 1.165) is 37.1 Å². The van der Waals surface area contributed by atoms with Crippen molar-refractivity contribution in [3.05, 3.63) is 87.6 Å². The zero-order valence-corrected chi connectivity index (χ0v) is 20.7. The minimum Gasteiger partial charge on any atom is -0.478 e. The molecule has 186 valence electrons. The van der Waals surface area contributed by atoms with Crippen LogP contribution in [0.25, 0.3) is 5.65 Å². The van der Waals surface area contributed by atoms with Gasteiger partial charge in [-0.15, -0.1) is 0 Å². The summed E-state index contributed by atoms with van der Waals surface area (Å²) in [6.07, 6.45) is 7.46. The summed E-state index contributed by atoms with van der Waals surface area (Å²) in [5.41, 5.74) is 3.59. The molecule has 0 amide bonds. The van der Waals surface area contributed by atoms with Gasteiger partial charge in [0.05, 0.1) is 23.2 Å². The molecular weight excluding hydrogens is 456 g/mol. The number of aryl methyl sites for hydroxylation is 1. The van der Waals surface area contributed by atoms with E-state index in [9.17, 15) is 14.7 Å². The van der Waals surface area contributed by atoms with Gasteiger partial charge in [-0.3, -0.25) is 13.9 Å². The number of nitrogens with zero attached hydrogens (tertiary/aromatic N) is 5. The van der Waals surface area contributed by atoms with Crippen LogP contribution < -0.4 is 15.8 Å². The lowest BCUT2D eigenvalue weighted by atomic mass is 10.0. The molecule has 1 saturated heterocycles. The van der Waals surface area contributed by atoms with Crippen molar-refractivity contribution in [3.8, 4) is 0 Å². The molecule has 9 nitrogen and oxygen atoms in total. The molecular formula is C27H30N6O3. The van der Waals surface area contributed by atoms with E-state index in [-0.39, 0.29) is 17.2 Å². The largest absolute Gasteiger partial charge is 0.478 e. The van der Waals surface area contributed by atoms with Gasteiger partial charge in [-0.25, -0.2) is 9.78 Å². The number of aromatic carboxylic acids is 1. The molecule has 9 heteroatoms. The maximum atomic E-state index is 13.5. The topological polar surface area (TPSA) is 105 Å². The van der Waals surface area contributed by atoms with Crippen molar-refractivity contribution in [2.24, 2.45) is 0 Å². The normalized spacial score (nSPS) is 15.2. The number of rotatable bonds is 6. The molecule has 0 unspecified atom stereocenters. The van der Waals surface area contributed by atoms with Crippen LogP contribution in [0.15, 0.2) is 59.8 Å². The molecule has 5 rings (SSSR count). The van der Waals surface area contributed by atoms with Gasteiger partial charge in [0, 0.05) is 42.9 Å². The number of benzene rings is 1. The Bertz CT molecular complexity index is 1470. The fourth-order valence-corrected chi connectivity index (χ4v) is 5.06. The van der Waals surface area contributed by atoms with E-state index in [1.54, 1.807) is 34.9 Å². The second-order valence-corrected chi connectivity index (χ2v) is 9.45. The summed E-state index contributed by atoms with van der Waals surface area (Å²) in [5, 5.41) is 17.3. The van der Waals surface area contributed by atoms with Crippen LogP contribution in [0.5, 0.6) is 0 Å². The molecule has 1 atom stereocenters. The Morgan fingerprint density at radius 3 is 2.61 bits per heavy atom. The SMILES string of the molecule is Cc1cc([C@@H](C)Nc2ccccc2C(=O)O)c2nc(N3CCC(n4cccn4)CC3)c(C)c(=O)n2c1. The third kappa shape index (κ3) is 4.32. The number of pyridine rings is 1. The molecule has 1 aliphatic rings. The summed E-state index contributed by atoms with van der Waals surface area (Å²) in [4.78, 5) is 32.4. The number of carboxylic acid groups (broad SMARTS) is 1. The highest BCUT2D eigenvalue weighted by atomic mass is 16.4. The Morgan fingerprint density at radius 1 is 1.17 bits per heavy atom. The highest BCUT2D eigenvalue weighted by molar-refractivity contribution is 5.94. The Labute approximate surface area is 209 Å². The number of hydrogen-bond acceptors (Lipinski definition) is 6. The van der Waals surface area contributed by atoms with Crippen molar-refractivity contribution in [2.75, 3.05) is 23.3 Å². The standard InChI is InChI=1S/C27H30N6O3/c1-17-15-22(19(3)29-23-8-5-4-7-21(23)27(35)36)25-30-24(18(2)26(34)32(25)16-17)31-13-9-20(10-14-31)33-12-6-11-28-33/h4-8,11-12,15-16,19-20,29H,9-10,13-14H2,1-3H3,(H,35,36)/t19-/m1/s1. The van der Waals surface area contributed by atoms with Gasteiger partial charge in [-0.2, -0.15) is 5.10 Å². The van der Waals surface area contributed by atoms with Crippen LogP contribution in [0.4, 0.5) is 11.5 Å². The molecule has 1 fully saturated rings. The predicted molar refractivity (Wildman–Crippen MR) is 139 cm³/mol. The van der Waals surface area contributed by atoms with Crippen LogP contribution in [0.1, 0.15) is 58.9 Å². The Kier molecular flexibility index (Phi) is 6.22. The van der Waals surface area contributed by atoms with Crippen molar-refractivity contribution < 1.29 is 9.90 Å². The van der Waals surface area contributed by atoms with Gasteiger partial charge in [0.2, 0.25) is 0 Å². The second kappa shape index (κ2) is 9.49. The average Bonchev–Trinajstić information content (AvgIpc) is 3.41. The third-order valence-electron chi connectivity index (χ3n) is 6.95. The van der Waals surface area contributed by atoms with E-state index < -0.39 is 5.97 Å². The number of anilines is 2. The zero-order valence-electron chi connectivity index (χ0n) is 20.7. The molecule has 1 aliphatic heterocycles. The number of nitrogens with one attached hydrogen (secondary N) is 1. The van der Waals surface area contributed by atoms with Crippen molar-refractivity contribution in [1.82, 2.24) is 19.2 Å². The summed E-state index contributed by atoms with van der Waals surface area (Å²) in [5.74, 6) is -0.285. The smallest absolute Gasteiger partial charge is 0.337 e. The van der Waals surface area contributed by atoms with Crippen LogP contribution in [-0.2, 0) is 0 Å². The van der Waals surface area contributed by atoms with E-state index >= 15 is 0 Å². The lowest BCUT2D eigenvalue weighted by Gasteiger charge is -2.33. The van der Waals surface area contributed by atoms with Gasteiger partial charge in [0.15, 0.2) is 0 Å². The van der Waals surface area contributed by atoms with E-state index in [4.69, 9.17) is 4.98 Å². The van der Waals surface area contributed by atoms with Crippen LogP contribution in [0.3, 0.4) is 0 Å². The van der Waals surface area contributed by atoms with E-state index in [1.165, 1.54) is 0 Å². The third-order valence-corrected chi connectivity index (χ3v) is 6.95. The molecule has 1 aromatic carbocycles. The quantitative estimate of drug-likeness (QED) is 0.420.